The summed E-state index contributed by atoms with van der Waals surface area (Å²) in [7, 11) is 0. The van der Waals surface area contributed by atoms with Gasteiger partial charge in [-0.3, -0.25) is 0 Å². The van der Waals surface area contributed by atoms with Crippen LogP contribution >= 0.6 is 33.2 Å². The molecule has 5 heteroatoms. The van der Waals surface area contributed by atoms with Gasteiger partial charge in [-0.25, -0.2) is 0 Å². The standard InChI is InChI=1S/3C4H9.Cl3HSi.Sn.H/c3*1-3-4-2;1-4(2)3;;/h3*1,3-4H2,2H3;4H;;. The first kappa shape index (κ1) is 21.2. The molecule has 0 spiro atoms. The maximum Gasteiger partial charge on any atom is 0.326 e. The van der Waals surface area contributed by atoms with Crippen molar-refractivity contribution in [2.45, 2.75) is 72.6 Å². The van der Waals surface area contributed by atoms with Gasteiger partial charge >= 0.3 is 99.1 Å². The molecule has 0 aromatic rings. The van der Waals surface area contributed by atoms with Crippen molar-refractivity contribution in [3.63, 3.8) is 0 Å². The molecule has 0 saturated carbocycles. The quantitative estimate of drug-likeness (QED) is 0.312. The van der Waals surface area contributed by atoms with Crippen molar-refractivity contribution in [2.24, 2.45) is 0 Å². The van der Waals surface area contributed by atoms with E-state index in [4.69, 9.17) is 33.2 Å². The van der Waals surface area contributed by atoms with Gasteiger partial charge in [-0.1, -0.05) is 0 Å². The number of unbranched alkanes of at least 4 members (excludes halogenated alkanes) is 3. The zero-order valence-electron chi connectivity index (χ0n) is 11.7. The Morgan fingerprint density at radius 1 is 0.706 bits per heavy atom. The molecule has 0 rings (SSSR count). The minimum atomic E-state index is -1.72. The van der Waals surface area contributed by atoms with Gasteiger partial charge in [0.2, 0.25) is 0 Å². The monoisotopic (exact) mass is 426 g/mol. The molecular weight excluding hydrogens is 397 g/mol. The van der Waals surface area contributed by atoms with Gasteiger partial charge in [0.15, 0.2) is 0 Å². The third-order valence-corrected chi connectivity index (χ3v) is 13.4. The molecule has 0 amide bonds. The van der Waals surface area contributed by atoms with Crippen molar-refractivity contribution >= 4 is 59.7 Å². The topological polar surface area (TPSA) is 0 Å². The fourth-order valence-electron chi connectivity index (χ4n) is 1.91. The van der Waals surface area contributed by atoms with E-state index in [1.54, 1.807) is 13.3 Å². The fraction of sp³-hybridized carbons (Fsp3) is 1.00. The SMILES string of the molecule is CCC[CH2][SnH]([CH2]CCC)[CH2]CCC.Cl[SiH](Cl)Cl. The zero-order valence-corrected chi connectivity index (χ0v) is 18.4. The second-order valence-electron chi connectivity index (χ2n) is 4.54. The van der Waals surface area contributed by atoms with Crippen LogP contribution in [0.3, 0.4) is 0 Å². The summed E-state index contributed by atoms with van der Waals surface area (Å²) in [6, 6.07) is 0. The van der Waals surface area contributed by atoms with Gasteiger partial charge in [0.25, 0.3) is 0 Å². The first-order valence-electron chi connectivity index (χ1n) is 7.00. The third kappa shape index (κ3) is 23.4. The van der Waals surface area contributed by atoms with Gasteiger partial charge in [-0.05, 0) is 0 Å². The summed E-state index contributed by atoms with van der Waals surface area (Å²) in [5.41, 5.74) is 0. The molecule has 0 nitrogen and oxygen atoms in total. The van der Waals surface area contributed by atoms with Gasteiger partial charge in [-0.15, -0.1) is 33.2 Å². The van der Waals surface area contributed by atoms with E-state index in [0.717, 1.165) is 0 Å². The number of halogens is 3. The average molecular weight is 427 g/mol. The number of rotatable bonds is 9. The van der Waals surface area contributed by atoms with Crippen LogP contribution in [0.5, 0.6) is 0 Å². The summed E-state index contributed by atoms with van der Waals surface area (Å²) in [5, 5.41) is 0. The Balaban J connectivity index is 0. The summed E-state index contributed by atoms with van der Waals surface area (Å²) >= 11 is 13.9. The minimum Gasteiger partial charge on any atom is -0.130 e. The Bertz CT molecular complexity index is 115. The molecule has 17 heavy (non-hydrogen) atoms. The van der Waals surface area contributed by atoms with Crippen molar-refractivity contribution in [3.8, 4) is 0 Å². The predicted molar refractivity (Wildman–Crippen MR) is 91.0 cm³/mol. The normalized spacial score (nSPS) is 10.6. The number of hydrogen-bond donors (Lipinski definition) is 0. The maximum atomic E-state index is 4.94. The summed E-state index contributed by atoms with van der Waals surface area (Å²) in [6.07, 6.45) is 8.87. The molecule has 0 aliphatic heterocycles. The van der Waals surface area contributed by atoms with E-state index in [9.17, 15) is 0 Å². The van der Waals surface area contributed by atoms with Gasteiger partial charge in [0.1, 0.15) is 0 Å². The summed E-state index contributed by atoms with van der Waals surface area (Å²) in [4.78, 5) is 0. The Labute approximate surface area is 131 Å². The predicted octanol–water partition coefficient (Wildman–Crippen LogP) is 6.03. The van der Waals surface area contributed by atoms with Crippen LogP contribution in [0.1, 0.15) is 59.3 Å². The molecule has 0 aliphatic rings. The summed E-state index contributed by atoms with van der Waals surface area (Å²) in [6.45, 7) is 5.29. The van der Waals surface area contributed by atoms with E-state index in [2.05, 4.69) is 20.8 Å². The van der Waals surface area contributed by atoms with Gasteiger partial charge in [0, 0.05) is 0 Å². The van der Waals surface area contributed by atoms with Crippen molar-refractivity contribution < 1.29 is 0 Å². The van der Waals surface area contributed by atoms with Crippen molar-refractivity contribution in [1.29, 1.82) is 0 Å². The first-order valence-corrected chi connectivity index (χ1v) is 19.2. The molecule has 106 valence electrons. The van der Waals surface area contributed by atoms with Gasteiger partial charge < -0.3 is 0 Å². The zero-order chi connectivity index (χ0) is 13.5. The Hall–Kier alpha value is 1.89. The second-order valence-corrected chi connectivity index (χ2v) is 20.9. The van der Waals surface area contributed by atoms with Crippen LogP contribution in [0.4, 0.5) is 0 Å². The molecule has 0 unspecified atom stereocenters. The summed E-state index contributed by atoms with van der Waals surface area (Å²) < 4.78 is 5.08. The molecule has 0 radical (unpaired) electrons. The van der Waals surface area contributed by atoms with Crippen LogP contribution in [0.25, 0.3) is 0 Å². The van der Waals surface area contributed by atoms with Crippen LogP contribution in [-0.4, -0.2) is 26.5 Å². The van der Waals surface area contributed by atoms with Crippen LogP contribution in [0.15, 0.2) is 0 Å². The van der Waals surface area contributed by atoms with Crippen LogP contribution in [0.2, 0.25) is 13.3 Å². The molecule has 0 fully saturated rings. The average Bonchev–Trinajstić information content (AvgIpc) is 2.27. The van der Waals surface area contributed by atoms with Crippen molar-refractivity contribution in [2.75, 3.05) is 0 Å². The molecule has 0 atom stereocenters. The maximum absolute atomic E-state index is 4.94. The van der Waals surface area contributed by atoms with Gasteiger partial charge in [0.05, 0.1) is 0 Å². The second kappa shape index (κ2) is 17.9. The van der Waals surface area contributed by atoms with E-state index in [1.165, 1.54) is 38.5 Å². The summed E-state index contributed by atoms with van der Waals surface area (Å²) in [5.74, 6) is 0. The molecule has 0 aliphatic carbocycles. The molecule has 0 aromatic carbocycles. The number of hydrogen-bond acceptors (Lipinski definition) is 0. The largest absolute Gasteiger partial charge is 0.326 e. The molecule has 0 heterocycles. The van der Waals surface area contributed by atoms with E-state index in [0.29, 0.717) is 0 Å². The van der Waals surface area contributed by atoms with Crippen LogP contribution < -0.4 is 0 Å². The Kier molecular flexibility index (Phi) is 22.3. The van der Waals surface area contributed by atoms with Crippen LogP contribution in [-0.2, 0) is 0 Å². The molecule has 0 saturated heterocycles. The first-order chi connectivity index (χ1) is 8.08. The van der Waals surface area contributed by atoms with E-state index < -0.39 is 26.5 Å². The third-order valence-electron chi connectivity index (χ3n) is 2.90. The van der Waals surface area contributed by atoms with Crippen LogP contribution in [0, 0.1) is 0 Å². The minimum absolute atomic E-state index is 0.967. The van der Waals surface area contributed by atoms with E-state index in [1.807, 2.05) is 0 Å². The van der Waals surface area contributed by atoms with Crippen molar-refractivity contribution in [1.82, 2.24) is 0 Å². The van der Waals surface area contributed by atoms with E-state index in [-0.39, 0.29) is 0 Å². The molecular formula is C12H29Cl3SiSn. The smallest absolute Gasteiger partial charge is 0.130 e. The van der Waals surface area contributed by atoms with Gasteiger partial charge in [-0.2, -0.15) is 0 Å². The molecule has 0 N–H and O–H groups in total. The molecule has 0 aromatic heterocycles. The fourth-order valence-corrected chi connectivity index (χ4v) is 12.8. The Morgan fingerprint density at radius 3 is 1.12 bits per heavy atom. The Morgan fingerprint density at radius 2 is 0.941 bits per heavy atom. The van der Waals surface area contributed by atoms with E-state index >= 15 is 0 Å². The molecule has 0 bridgehead atoms. The van der Waals surface area contributed by atoms with Crippen molar-refractivity contribution in [3.05, 3.63) is 0 Å².